The molecule has 2 heterocycles. The minimum absolute atomic E-state index is 0.806. The number of aromatic nitrogens is 1. The van der Waals surface area contributed by atoms with Crippen LogP contribution in [-0.2, 0) is 4.74 Å². The molecule has 1 aliphatic rings. The molecular formula is C13H17N3OS2. The monoisotopic (exact) mass is 295 g/mol. The van der Waals surface area contributed by atoms with E-state index in [1.807, 2.05) is 30.0 Å². The lowest BCUT2D eigenvalue weighted by Gasteiger charge is -2.26. The van der Waals surface area contributed by atoms with E-state index in [0.29, 0.717) is 0 Å². The van der Waals surface area contributed by atoms with Crippen molar-refractivity contribution in [2.24, 2.45) is 0 Å². The number of hydrogen-bond donors (Lipinski definition) is 1. The number of nitrogens with two attached hydrogens (primary N) is 1. The Bertz CT molecular complexity index is 552. The topological polar surface area (TPSA) is 51.4 Å². The molecule has 0 amide bonds. The zero-order chi connectivity index (χ0) is 13.1. The number of rotatable bonds is 4. The fourth-order valence-corrected chi connectivity index (χ4v) is 4.26. The zero-order valence-electron chi connectivity index (χ0n) is 10.7. The van der Waals surface area contributed by atoms with Crippen molar-refractivity contribution in [1.82, 2.24) is 9.88 Å². The SMILES string of the molecule is Nc1ccc2nc(SCCN3CCOCC3)sc2c1. The van der Waals surface area contributed by atoms with Gasteiger partial charge in [-0.3, -0.25) is 4.90 Å². The van der Waals surface area contributed by atoms with Crippen LogP contribution in [-0.4, -0.2) is 48.5 Å². The molecule has 1 aromatic heterocycles. The highest BCUT2D eigenvalue weighted by molar-refractivity contribution is 8.01. The van der Waals surface area contributed by atoms with Gasteiger partial charge in [0.15, 0.2) is 4.34 Å². The molecule has 0 atom stereocenters. The smallest absolute Gasteiger partial charge is 0.151 e. The summed E-state index contributed by atoms with van der Waals surface area (Å²) in [4.78, 5) is 7.07. The summed E-state index contributed by atoms with van der Waals surface area (Å²) >= 11 is 3.56. The van der Waals surface area contributed by atoms with E-state index in [0.717, 1.165) is 54.1 Å². The summed E-state index contributed by atoms with van der Waals surface area (Å²) in [6.07, 6.45) is 0. The summed E-state index contributed by atoms with van der Waals surface area (Å²) in [5, 5.41) is 0. The fourth-order valence-electron chi connectivity index (χ4n) is 2.07. The second-order valence-corrected chi connectivity index (χ2v) is 6.88. The number of thiazole rings is 1. The Morgan fingerprint density at radius 1 is 1.37 bits per heavy atom. The number of nitrogen functional groups attached to an aromatic ring is 1. The van der Waals surface area contributed by atoms with Crippen molar-refractivity contribution >= 4 is 39.0 Å². The third-order valence-electron chi connectivity index (χ3n) is 3.13. The standard InChI is InChI=1S/C13H17N3OS2/c14-10-1-2-11-12(9-10)19-13(15-11)18-8-5-16-3-6-17-7-4-16/h1-2,9H,3-8,14H2. The number of anilines is 1. The number of morpholine rings is 1. The number of fused-ring (bicyclic) bond motifs is 1. The van der Waals surface area contributed by atoms with E-state index in [1.54, 1.807) is 11.3 Å². The molecule has 0 bridgehead atoms. The van der Waals surface area contributed by atoms with Crippen LogP contribution in [0.1, 0.15) is 0 Å². The molecular weight excluding hydrogens is 278 g/mol. The van der Waals surface area contributed by atoms with Gasteiger partial charge in [0.05, 0.1) is 23.4 Å². The molecule has 19 heavy (non-hydrogen) atoms. The maximum atomic E-state index is 5.78. The highest BCUT2D eigenvalue weighted by Crippen LogP contribution is 2.30. The van der Waals surface area contributed by atoms with Crippen LogP contribution in [0.4, 0.5) is 5.69 Å². The van der Waals surface area contributed by atoms with Gasteiger partial charge in [-0.15, -0.1) is 11.3 Å². The summed E-state index contributed by atoms with van der Waals surface area (Å²) < 4.78 is 7.65. The van der Waals surface area contributed by atoms with Gasteiger partial charge in [-0.1, -0.05) is 11.8 Å². The number of nitrogens with zero attached hydrogens (tertiary/aromatic N) is 2. The van der Waals surface area contributed by atoms with Crippen LogP contribution >= 0.6 is 23.1 Å². The average Bonchev–Trinajstić information content (AvgIpc) is 2.82. The second kappa shape index (κ2) is 6.09. The van der Waals surface area contributed by atoms with Crippen molar-refractivity contribution < 1.29 is 4.74 Å². The molecule has 0 radical (unpaired) electrons. The van der Waals surface area contributed by atoms with Crippen molar-refractivity contribution in [2.75, 3.05) is 44.3 Å². The molecule has 6 heteroatoms. The van der Waals surface area contributed by atoms with Gasteiger partial charge in [0.1, 0.15) is 0 Å². The first-order valence-electron chi connectivity index (χ1n) is 6.40. The highest BCUT2D eigenvalue weighted by atomic mass is 32.2. The fraction of sp³-hybridized carbons (Fsp3) is 0.462. The molecule has 0 aliphatic carbocycles. The van der Waals surface area contributed by atoms with E-state index in [9.17, 15) is 0 Å². The van der Waals surface area contributed by atoms with Crippen LogP contribution in [0.2, 0.25) is 0 Å². The van der Waals surface area contributed by atoms with Crippen molar-refractivity contribution in [3.05, 3.63) is 18.2 Å². The van der Waals surface area contributed by atoms with E-state index < -0.39 is 0 Å². The van der Waals surface area contributed by atoms with Crippen LogP contribution in [0.15, 0.2) is 22.5 Å². The quantitative estimate of drug-likeness (QED) is 0.693. The molecule has 102 valence electrons. The summed E-state index contributed by atoms with van der Waals surface area (Å²) in [7, 11) is 0. The van der Waals surface area contributed by atoms with Gasteiger partial charge < -0.3 is 10.5 Å². The van der Waals surface area contributed by atoms with Crippen LogP contribution in [0.3, 0.4) is 0 Å². The first-order chi connectivity index (χ1) is 9.31. The molecule has 3 rings (SSSR count). The molecule has 0 saturated carbocycles. The van der Waals surface area contributed by atoms with Crippen LogP contribution in [0, 0.1) is 0 Å². The highest BCUT2D eigenvalue weighted by Gasteiger charge is 2.10. The van der Waals surface area contributed by atoms with Crippen molar-refractivity contribution in [1.29, 1.82) is 0 Å². The average molecular weight is 295 g/mol. The van der Waals surface area contributed by atoms with Gasteiger partial charge in [-0.05, 0) is 18.2 Å². The lowest BCUT2D eigenvalue weighted by molar-refractivity contribution is 0.0410. The minimum Gasteiger partial charge on any atom is -0.399 e. The predicted molar refractivity (Wildman–Crippen MR) is 82.0 cm³/mol. The van der Waals surface area contributed by atoms with Crippen molar-refractivity contribution in [3.8, 4) is 0 Å². The number of hydrogen-bond acceptors (Lipinski definition) is 6. The first-order valence-corrected chi connectivity index (χ1v) is 8.20. The summed E-state index contributed by atoms with van der Waals surface area (Å²) in [5.41, 5.74) is 7.64. The molecule has 1 saturated heterocycles. The van der Waals surface area contributed by atoms with Gasteiger partial charge in [0.2, 0.25) is 0 Å². The lowest BCUT2D eigenvalue weighted by Crippen LogP contribution is -2.37. The van der Waals surface area contributed by atoms with Crippen LogP contribution < -0.4 is 5.73 Å². The molecule has 1 fully saturated rings. The molecule has 1 aromatic carbocycles. The van der Waals surface area contributed by atoms with E-state index in [-0.39, 0.29) is 0 Å². The van der Waals surface area contributed by atoms with E-state index in [1.165, 1.54) is 4.70 Å². The first kappa shape index (κ1) is 13.2. The summed E-state index contributed by atoms with van der Waals surface area (Å²) in [5.74, 6) is 1.08. The largest absolute Gasteiger partial charge is 0.399 e. The van der Waals surface area contributed by atoms with E-state index >= 15 is 0 Å². The van der Waals surface area contributed by atoms with Crippen molar-refractivity contribution in [3.63, 3.8) is 0 Å². The second-order valence-electron chi connectivity index (χ2n) is 4.51. The maximum absolute atomic E-state index is 5.78. The Hall–Kier alpha value is -0.820. The van der Waals surface area contributed by atoms with E-state index in [2.05, 4.69) is 9.88 Å². The van der Waals surface area contributed by atoms with Crippen LogP contribution in [0.25, 0.3) is 10.2 Å². The maximum Gasteiger partial charge on any atom is 0.151 e. The molecule has 4 nitrogen and oxygen atoms in total. The lowest BCUT2D eigenvalue weighted by atomic mass is 10.3. The zero-order valence-corrected chi connectivity index (χ0v) is 12.3. The Kier molecular flexibility index (Phi) is 4.22. The van der Waals surface area contributed by atoms with Crippen LogP contribution in [0.5, 0.6) is 0 Å². The van der Waals surface area contributed by atoms with Gasteiger partial charge in [0.25, 0.3) is 0 Å². The Morgan fingerprint density at radius 3 is 3.05 bits per heavy atom. The molecule has 1 aliphatic heterocycles. The van der Waals surface area contributed by atoms with Crippen molar-refractivity contribution in [2.45, 2.75) is 4.34 Å². The molecule has 0 spiro atoms. The minimum atomic E-state index is 0.806. The normalized spacial score (nSPS) is 17.1. The third kappa shape index (κ3) is 3.39. The number of thioether (sulfide) groups is 1. The van der Waals surface area contributed by atoms with Gasteiger partial charge in [-0.25, -0.2) is 4.98 Å². The summed E-state index contributed by atoms with van der Waals surface area (Å²) in [6, 6.07) is 5.90. The van der Waals surface area contributed by atoms with Gasteiger partial charge in [-0.2, -0.15) is 0 Å². The third-order valence-corrected chi connectivity index (χ3v) is 5.27. The molecule has 0 unspecified atom stereocenters. The predicted octanol–water partition coefficient (Wildman–Crippen LogP) is 2.30. The Labute approximate surface area is 120 Å². The van der Waals surface area contributed by atoms with E-state index in [4.69, 9.17) is 10.5 Å². The van der Waals surface area contributed by atoms with Gasteiger partial charge >= 0.3 is 0 Å². The molecule has 2 N–H and O–H groups in total. The molecule has 2 aromatic rings. The number of benzene rings is 1. The number of ether oxygens (including phenoxy) is 1. The Morgan fingerprint density at radius 2 is 2.21 bits per heavy atom. The Balaban J connectivity index is 1.56. The van der Waals surface area contributed by atoms with Gasteiger partial charge in [0, 0.05) is 31.1 Å². The summed E-state index contributed by atoms with van der Waals surface area (Å²) in [6.45, 7) is 4.94.